The fraction of sp³-hybridized carbons (Fsp3) is 0.357. The SMILES string of the molecule is CCC(C)(C)NC(=O)[C@@H](c1cccn1C)N(C(=O)Cn1nnc2ccccc21)c1cc(C)cc(C)c1. The second-order valence-corrected chi connectivity index (χ2v) is 10.0. The van der Waals surface area contributed by atoms with Gasteiger partial charge in [-0.2, -0.15) is 0 Å². The van der Waals surface area contributed by atoms with Gasteiger partial charge in [-0.15, -0.1) is 5.10 Å². The molecule has 4 rings (SSSR count). The van der Waals surface area contributed by atoms with Gasteiger partial charge in [0.25, 0.3) is 0 Å². The average Bonchev–Trinajstić information content (AvgIpc) is 3.42. The zero-order valence-corrected chi connectivity index (χ0v) is 21.8. The van der Waals surface area contributed by atoms with Crippen molar-refractivity contribution in [2.75, 3.05) is 4.90 Å². The minimum atomic E-state index is -0.876. The van der Waals surface area contributed by atoms with Gasteiger partial charge in [0.1, 0.15) is 12.1 Å². The van der Waals surface area contributed by atoms with E-state index in [-0.39, 0.29) is 18.4 Å². The summed E-state index contributed by atoms with van der Waals surface area (Å²) < 4.78 is 3.47. The predicted octanol–water partition coefficient (Wildman–Crippen LogP) is 4.47. The topological polar surface area (TPSA) is 85.0 Å². The molecule has 1 N–H and O–H groups in total. The molecule has 0 radical (unpaired) electrons. The van der Waals surface area contributed by atoms with E-state index < -0.39 is 11.6 Å². The van der Waals surface area contributed by atoms with Crippen LogP contribution in [0.25, 0.3) is 11.0 Å². The van der Waals surface area contributed by atoms with Gasteiger partial charge in [0.05, 0.1) is 11.2 Å². The number of anilines is 1. The summed E-state index contributed by atoms with van der Waals surface area (Å²) in [6.45, 7) is 9.91. The number of carbonyl (C=O) groups excluding carboxylic acids is 2. The van der Waals surface area contributed by atoms with Crippen molar-refractivity contribution in [3.8, 4) is 0 Å². The van der Waals surface area contributed by atoms with Gasteiger partial charge in [-0.1, -0.05) is 30.3 Å². The molecule has 0 saturated heterocycles. The Bertz CT molecular complexity index is 1380. The van der Waals surface area contributed by atoms with Gasteiger partial charge in [0.2, 0.25) is 11.8 Å². The third kappa shape index (κ3) is 5.17. The van der Waals surface area contributed by atoms with Crippen LogP contribution in [0.4, 0.5) is 5.69 Å². The Morgan fingerprint density at radius 1 is 1.06 bits per heavy atom. The van der Waals surface area contributed by atoms with Gasteiger partial charge in [-0.05, 0) is 81.6 Å². The van der Waals surface area contributed by atoms with E-state index in [1.807, 2.05) is 101 Å². The first-order chi connectivity index (χ1) is 17.1. The number of hydrogen-bond acceptors (Lipinski definition) is 4. The average molecular weight is 487 g/mol. The molecule has 1 atom stereocenters. The third-order valence-electron chi connectivity index (χ3n) is 6.57. The van der Waals surface area contributed by atoms with Crippen molar-refractivity contribution in [1.29, 1.82) is 0 Å². The van der Waals surface area contributed by atoms with E-state index in [1.165, 1.54) is 0 Å². The Kier molecular flexibility index (Phi) is 6.97. The number of aryl methyl sites for hydroxylation is 3. The first-order valence-electron chi connectivity index (χ1n) is 12.2. The summed E-state index contributed by atoms with van der Waals surface area (Å²) in [5, 5.41) is 11.6. The lowest BCUT2D eigenvalue weighted by atomic mass is 10.00. The van der Waals surface area contributed by atoms with Crippen molar-refractivity contribution in [2.24, 2.45) is 7.05 Å². The molecule has 8 heteroatoms. The van der Waals surface area contributed by atoms with Crippen LogP contribution in [-0.4, -0.2) is 36.9 Å². The molecule has 2 amide bonds. The van der Waals surface area contributed by atoms with Crippen molar-refractivity contribution in [1.82, 2.24) is 24.9 Å². The van der Waals surface area contributed by atoms with Crippen LogP contribution in [0.1, 0.15) is 50.1 Å². The van der Waals surface area contributed by atoms with Gasteiger partial charge in [-0.25, -0.2) is 4.68 Å². The number of amides is 2. The molecule has 0 unspecified atom stereocenters. The number of benzene rings is 2. The summed E-state index contributed by atoms with van der Waals surface area (Å²) in [4.78, 5) is 29.6. The highest BCUT2D eigenvalue weighted by atomic mass is 16.2. The number of rotatable bonds is 8. The molecule has 0 bridgehead atoms. The van der Waals surface area contributed by atoms with Crippen LogP contribution >= 0.6 is 0 Å². The molecule has 2 heterocycles. The van der Waals surface area contributed by atoms with Crippen LogP contribution < -0.4 is 10.2 Å². The molecule has 0 aliphatic carbocycles. The summed E-state index contributed by atoms with van der Waals surface area (Å²) in [6.07, 6.45) is 2.64. The molecule has 0 aliphatic rings. The van der Waals surface area contributed by atoms with Crippen molar-refractivity contribution < 1.29 is 9.59 Å². The number of nitrogens with one attached hydrogen (secondary N) is 1. The first-order valence-corrected chi connectivity index (χ1v) is 12.2. The van der Waals surface area contributed by atoms with Crippen LogP contribution in [0, 0.1) is 13.8 Å². The molecule has 188 valence electrons. The number of para-hydroxylation sites is 1. The van der Waals surface area contributed by atoms with Gasteiger partial charge in [-0.3, -0.25) is 14.5 Å². The molecular formula is C28H34N6O2. The van der Waals surface area contributed by atoms with Crippen LogP contribution in [-0.2, 0) is 23.2 Å². The summed E-state index contributed by atoms with van der Waals surface area (Å²) in [5.41, 5.74) is 4.44. The number of aromatic nitrogens is 4. The van der Waals surface area contributed by atoms with E-state index in [4.69, 9.17) is 0 Å². The summed E-state index contributed by atoms with van der Waals surface area (Å²) in [7, 11) is 1.88. The zero-order valence-electron chi connectivity index (χ0n) is 21.8. The number of nitrogens with zero attached hydrogens (tertiary/aromatic N) is 5. The maximum absolute atomic E-state index is 14.1. The molecule has 0 saturated carbocycles. The lowest BCUT2D eigenvalue weighted by molar-refractivity contribution is -0.128. The lowest BCUT2D eigenvalue weighted by Gasteiger charge is -2.35. The van der Waals surface area contributed by atoms with Crippen molar-refractivity contribution in [3.63, 3.8) is 0 Å². The van der Waals surface area contributed by atoms with Crippen LogP contribution in [0.3, 0.4) is 0 Å². The van der Waals surface area contributed by atoms with Gasteiger partial charge < -0.3 is 9.88 Å². The fourth-order valence-corrected chi connectivity index (χ4v) is 4.40. The third-order valence-corrected chi connectivity index (χ3v) is 6.57. The molecule has 2 aromatic heterocycles. The van der Waals surface area contributed by atoms with Gasteiger partial charge >= 0.3 is 0 Å². The highest BCUT2D eigenvalue weighted by Gasteiger charge is 2.36. The van der Waals surface area contributed by atoms with Crippen molar-refractivity contribution in [2.45, 2.75) is 59.2 Å². The van der Waals surface area contributed by atoms with E-state index in [9.17, 15) is 9.59 Å². The van der Waals surface area contributed by atoms with Gasteiger partial charge in [0, 0.05) is 24.5 Å². The van der Waals surface area contributed by atoms with Crippen molar-refractivity contribution >= 4 is 28.5 Å². The van der Waals surface area contributed by atoms with E-state index in [1.54, 1.807) is 9.58 Å². The van der Waals surface area contributed by atoms with Crippen molar-refractivity contribution in [3.05, 3.63) is 77.6 Å². The Balaban J connectivity index is 1.84. The summed E-state index contributed by atoms with van der Waals surface area (Å²) in [5.74, 6) is -0.495. The lowest BCUT2D eigenvalue weighted by Crippen LogP contribution is -2.51. The Morgan fingerprint density at radius 2 is 1.75 bits per heavy atom. The second kappa shape index (κ2) is 9.97. The number of fused-ring (bicyclic) bond motifs is 1. The molecule has 4 aromatic rings. The molecule has 0 spiro atoms. The smallest absolute Gasteiger partial charge is 0.249 e. The fourth-order valence-electron chi connectivity index (χ4n) is 4.40. The zero-order chi connectivity index (χ0) is 26.0. The highest BCUT2D eigenvalue weighted by Crippen LogP contribution is 2.31. The summed E-state index contributed by atoms with van der Waals surface area (Å²) >= 11 is 0. The molecule has 8 nitrogen and oxygen atoms in total. The number of hydrogen-bond donors (Lipinski definition) is 1. The quantitative estimate of drug-likeness (QED) is 0.398. The largest absolute Gasteiger partial charge is 0.352 e. The summed E-state index contributed by atoms with van der Waals surface area (Å²) in [6, 6.07) is 16.3. The Morgan fingerprint density at radius 3 is 2.39 bits per heavy atom. The minimum Gasteiger partial charge on any atom is -0.352 e. The molecule has 36 heavy (non-hydrogen) atoms. The van der Waals surface area contributed by atoms with Gasteiger partial charge in [0.15, 0.2) is 6.04 Å². The van der Waals surface area contributed by atoms with Crippen LogP contribution in [0.2, 0.25) is 0 Å². The van der Waals surface area contributed by atoms with E-state index in [0.717, 1.165) is 28.8 Å². The maximum atomic E-state index is 14.1. The highest BCUT2D eigenvalue weighted by molar-refractivity contribution is 6.01. The van der Waals surface area contributed by atoms with E-state index >= 15 is 0 Å². The molecule has 0 fully saturated rings. The monoisotopic (exact) mass is 486 g/mol. The number of carbonyl (C=O) groups is 2. The van der Waals surface area contributed by atoms with Crippen LogP contribution in [0.15, 0.2) is 60.8 Å². The normalized spacial score (nSPS) is 12.5. The predicted molar refractivity (Wildman–Crippen MR) is 142 cm³/mol. The molecular weight excluding hydrogens is 452 g/mol. The second-order valence-electron chi connectivity index (χ2n) is 10.0. The van der Waals surface area contributed by atoms with E-state index in [0.29, 0.717) is 11.2 Å². The standard InChI is InChI=1S/C28H34N6O2/c1-7-28(4,5)29-27(36)26(24-13-10-14-32(24)6)34(21-16-19(2)15-20(3)17-21)25(35)18-33-23-12-9-8-11-22(23)30-31-33/h8-17,26H,7,18H2,1-6H3,(H,29,36)/t26-/m1/s1. The molecule has 2 aromatic carbocycles. The van der Waals surface area contributed by atoms with E-state index in [2.05, 4.69) is 21.7 Å². The Labute approximate surface area is 211 Å². The van der Waals surface area contributed by atoms with Crippen LogP contribution in [0.5, 0.6) is 0 Å². The minimum absolute atomic E-state index is 0.0567. The Hall–Kier alpha value is -3.94. The maximum Gasteiger partial charge on any atom is 0.249 e. The molecule has 0 aliphatic heterocycles. The first kappa shape index (κ1) is 25.2.